The molecule has 0 bridgehead atoms. The van der Waals surface area contributed by atoms with Crippen LogP contribution in [0.4, 0.5) is 17.6 Å². The molecule has 1 saturated carbocycles. The van der Waals surface area contributed by atoms with Crippen LogP contribution in [0, 0.1) is 17.6 Å². The zero-order valence-corrected chi connectivity index (χ0v) is 12.1. The molecule has 0 aromatic heterocycles. The molecule has 0 heterocycles. The number of rotatable bonds is 5. The monoisotopic (exact) mass is 303 g/mol. The standard InChI is InChI=1S/C16H21F4N/c1-2-21-15(11-5-7-16(19,20)8-6-11)9-12-3-4-13(17)10-14(12)18/h3-4,10-11,15,21H,2,5-9H2,1H3. The van der Waals surface area contributed by atoms with E-state index in [0.29, 0.717) is 31.4 Å². The van der Waals surface area contributed by atoms with Crippen molar-refractivity contribution in [3.63, 3.8) is 0 Å². The molecular formula is C16H21F4N. The Bertz CT molecular complexity index is 465. The Balaban J connectivity index is 2.05. The fourth-order valence-electron chi connectivity index (χ4n) is 3.06. The molecule has 0 radical (unpaired) electrons. The van der Waals surface area contributed by atoms with Crippen LogP contribution in [0.15, 0.2) is 18.2 Å². The van der Waals surface area contributed by atoms with Gasteiger partial charge in [-0.2, -0.15) is 0 Å². The molecule has 0 spiro atoms. The Hall–Kier alpha value is -1.10. The Labute approximate surface area is 122 Å². The first-order valence-corrected chi connectivity index (χ1v) is 7.46. The molecule has 1 unspecified atom stereocenters. The first-order chi connectivity index (χ1) is 9.91. The molecule has 1 aliphatic carbocycles. The Kier molecular flexibility index (Phi) is 5.25. The van der Waals surface area contributed by atoms with Gasteiger partial charge in [-0.05, 0) is 43.4 Å². The average Bonchev–Trinajstić information content (AvgIpc) is 2.41. The minimum atomic E-state index is -2.56. The van der Waals surface area contributed by atoms with Crippen LogP contribution in [0.2, 0.25) is 0 Å². The predicted octanol–water partition coefficient (Wildman–Crippen LogP) is 4.31. The van der Waals surface area contributed by atoms with Gasteiger partial charge in [-0.3, -0.25) is 0 Å². The Morgan fingerprint density at radius 2 is 1.90 bits per heavy atom. The highest BCUT2D eigenvalue weighted by atomic mass is 19.3. The van der Waals surface area contributed by atoms with Crippen molar-refractivity contribution in [2.24, 2.45) is 5.92 Å². The molecule has 0 aliphatic heterocycles. The summed E-state index contributed by atoms with van der Waals surface area (Å²) in [6.07, 6.45) is 1.06. The zero-order valence-electron chi connectivity index (χ0n) is 12.1. The van der Waals surface area contributed by atoms with Gasteiger partial charge >= 0.3 is 0 Å². The fraction of sp³-hybridized carbons (Fsp3) is 0.625. The summed E-state index contributed by atoms with van der Waals surface area (Å²) in [6.45, 7) is 2.63. The predicted molar refractivity (Wildman–Crippen MR) is 74.4 cm³/mol. The molecule has 1 aromatic carbocycles. The highest BCUT2D eigenvalue weighted by Crippen LogP contribution is 2.38. The van der Waals surface area contributed by atoms with Gasteiger partial charge in [0.15, 0.2) is 0 Å². The van der Waals surface area contributed by atoms with Crippen LogP contribution < -0.4 is 5.32 Å². The summed E-state index contributed by atoms with van der Waals surface area (Å²) in [6, 6.07) is 3.49. The molecule has 118 valence electrons. The summed E-state index contributed by atoms with van der Waals surface area (Å²) in [5.41, 5.74) is 0.430. The summed E-state index contributed by atoms with van der Waals surface area (Å²) in [4.78, 5) is 0. The van der Waals surface area contributed by atoms with Gasteiger partial charge in [-0.1, -0.05) is 13.0 Å². The molecule has 0 amide bonds. The fourth-order valence-corrected chi connectivity index (χ4v) is 3.06. The van der Waals surface area contributed by atoms with Gasteiger partial charge in [0.1, 0.15) is 11.6 Å². The lowest BCUT2D eigenvalue weighted by molar-refractivity contribution is -0.0495. The highest BCUT2D eigenvalue weighted by molar-refractivity contribution is 5.20. The lowest BCUT2D eigenvalue weighted by Crippen LogP contribution is -2.41. The quantitative estimate of drug-likeness (QED) is 0.799. The summed E-state index contributed by atoms with van der Waals surface area (Å²) in [7, 11) is 0. The molecule has 1 fully saturated rings. The summed E-state index contributed by atoms with van der Waals surface area (Å²) >= 11 is 0. The van der Waals surface area contributed by atoms with E-state index in [0.717, 1.165) is 6.07 Å². The van der Waals surface area contributed by atoms with Crippen molar-refractivity contribution in [1.29, 1.82) is 0 Å². The highest BCUT2D eigenvalue weighted by Gasteiger charge is 2.37. The lowest BCUT2D eigenvalue weighted by atomic mass is 9.80. The maximum Gasteiger partial charge on any atom is 0.248 e. The van der Waals surface area contributed by atoms with Gasteiger partial charge < -0.3 is 5.32 Å². The Morgan fingerprint density at radius 1 is 1.24 bits per heavy atom. The van der Waals surface area contributed by atoms with Crippen molar-refractivity contribution in [1.82, 2.24) is 5.32 Å². The van der Waals surface area contributed by atoms with Crippen molar-refractivity contribution in [2.75, 3.05) is 6.54 Å². The minimum Gasteiger partial charge on any atom is -0.314 e. The third-order valence-corrected chi connectivity index (χ3v) is 4.25. The molecule has 1 N–H and O–H groups in total. The second-order valence-electron chi connectivity index (χ2n) is 5.80. The number of nitrogens with one attached hydrogen (secondary N) is 1. The van der Waals surface area contributed by atoms with Gasteiger partial charge in [0, 0.05) is 24.9 Å². The largest absolute Gasteiger partial charge is 0.314 e. The molecule has 5 heteroatoms. The van der Waals surface area contributed by atoms with Crippen LogP contribution in [0.3, 0.4) is 0 Å². The van der Waals surface area contributed by atoms with Gasteiger partial charge in [0.2, 0.25) is 5.92 Å². The molecule has 1 nitrogen and oxygen atoms in total. The minimum absolute atomic E-state index is 0.0499. The third kappa shape index (κ3) is 4.43. The summed E-state index contributed by atoms with van der Waals surface area (Å²) < 4.78 is 53.2. The first kappa shape index (κ1) is 16.3. The number of halogens is 4. The van der Waals surface area contributed by atoms with E-state index in [4.69, 9.17) is 0 Å². The van der Waals surface area contributed by atoms with E-state index in [-0.39, 0.29) is 24.8 Å². The van der Waals surface area contributed by atoms with E-state index in [1.165, 1.54) is 12.1 Å². The van der Waals surface area contributed by atoms with Gasteiger partial charge in [0.25, 0.3) is 0 Å². The first-order valence-electron chi connectivity index (χ1n) is 7.46. The van der Waals surface area contributed by atoms with Crippen molar-refractivity contribution >= 4 is 0 Å². The van der Waals surface area contributed by atoms with E-state index in [1.807, 2.05) is 6.92 Å². The van der Waals surface area contributed by atoms with Gasteiger partial charge in [0.05, 0.1) is 0 Å². The van der Waals surface area contributed by atoms with Crippen LogP contribution in [0.25, 0.3) is 0 Å². The molecule has 1 aliphatic rings. The van der Waals surface area contributed by atoms with Crippen molar-refractivity contribution in [3.05, 3.63) is 35.4 Å². The van der Waals surface area contributed by atoms with Crippen LogP contribution in [-0.2, 0) is 6.42 Å². The zero-order chi connectivity index (χ0) is 15.5. The normalized spacial score (nSPS) is 20.4. The van der Waals surface area contributed by atoms with Crippen LogP contribution >= 0.6 is 0 Å². The Morgan fingerprint density at radius 3 is 2.48 bits per heavy atom. The second-order valence-corrected chi connectivity index (χ2v) is 5.80. The maximum absolute atomic E-state index is 13.8. The number of alkyl halides is 2. The molecule has 21 heavy (non-hydrogen) atoms. The second kappa shape index (κ2) is 6.77. The number of hydrogen-bond donors (Lipinski definition) is 1. The van der Waals surface area contributed by atoms with Gasteiger partial charge in [-0.25, -0.2) is 17.6 Å². The molecule has 1 atom stereocenters. The summed E-state index contributed by atoms with van der Waals surface area (Å²) in [5.74, 6) is -3.63. The number of likely N-dealkylation sites (N-methyl/N-ethyl adjacent to an activating group) is 1. The SMILES string of the molecule is CCNC(Cc1ccc(F)cc1F)C1CCC(F)(F)CC1. The third-order valence-electron chi connectivity index (χ3n) is 4.25. The maximum atomic E-state index is 13.8. The molecular weight excluding hydrogens is 282 g/mol. The molecule has 2 rings (SSSR count). The van der Waals surface area contributed by atoms with Crippen LogP contribution in [0.5, 0.6) is 0 Å². The van der Waals surface area contributed by atoms with Crippen LogP contribution in [-0.4, -0.2) is 18.5 Å². The van der Waals surface area contributed by atoms with E-state index >= 15 is 0 Å². The van der Waals surface area contributed by atoms with E-state index < -0.39 is 17.6 Å². The number of hydrogen-bond acceptors (Lipinski definition) is 1. The summed E-state index contributed by atoms with van der Waals surface area (Å²) in [5, 5.41) is 3.26. The van der Waals surface area contributed by atoms with E-state index in [1.54, 1.807) is 0 Å². The number of benzene rings is 1. The smallest absolute Gasteiger partial charge is 0.248 e. The lowest BCUT2D eigenvalue weighted by Gasteiger charge is -2.34. The molecule has 1 aromatic rings. The van der Waals surface area contributed by atoms with E-state index in [9.17, 15) is 17.6 Å². The molecule has 0 saturated heterocycles. The van der Waals surface area contributed by atoms with Crippen LogP contribution in [0.1, 0.15) is 38.2 Å². The average molecular weight is 303 g/mol. The topological polar surface area (TPSA) is 12.0 Å². The van der Waals surface area contributed by atoms with Crippen molar-refractivity contribution in [2.45, 2.75) is 51.0 Å². The van der Waals surface area contributed by atoms with Crippen molar-refractivity contribution < 1.29 is 17.6 Å². The van der Waals surface area contributed by atoms with E-state index in [2.05, 4.69) is 5.32 Å². The van der Waals surface area contributed by atoms with Crippen molar-refractivity contribution in [3.8, 4) is 0 Å². The van der Waals surface area contributed by atoms with Gasteiger partial charge in [-0.15, -0.1) is 0 Å².